The molecule has 2 aliphatic heterocycles. The summed E-state index contributed by atoms with van der Waals surface area (Å²) in [6, 6.07) is 12.1. The van der Waals surface area contributed by atoms with Gasteiger partial charge < -0.3 is 25.3 Å². The fraction of sp³-hybridized carbons (Fsp3) is 0.409. The van der Waals surface area contributed by atoms with Crippen molar-refractivity contribution >= 4 is 17.9 Å². The van der Waals surface area contributed by atoms with Gasteiger partial charge in [-0.25, -0.2) is 4.79 Å². The van der Waals surface area contributed by atoms with Gasteiger partial charge in [-0.15, -0.1) is 0 Å². The third-order valence-electron chi connectivity index (χ3n) is 5.74. The number of ether oxygens (including phenoxy) is 3. The molecule has 0 saturated carbocycles. The Bertz CT molecular complexity index is 1000. The number of nitrogen functional groups attached to an aromatic ring is 1. The smallest absolute Gasteiger partial charge is 0.334 e. The number of hydrogen-bond acceptors (Lipinski definition) is 8. The van der Waals surface area contributed by atoms with E-state index < -0.39 is 23.8 Å². The van der Waals surface area contributed by atoms with Crippen molar-refractivity contribution in [2.75, 3.05) is 19.5 Å². The largest absolute Gasteiger partial charge is 0.467 e. The minimum atomic E-state index is -0.730. The first-order valence-electron chi connectivity index (χ1n) is 10.1. The van der Waals surface area contributed by atoms with Crippen LogP contribution in [0.2, 0.25) is 0 Å². The molecule has 0 bridgehead atoms. The lowest BCUT2D eigenvalue weighted by molar-refractivity contribution is -0.162. The fourth-order valence-corrected chi connectivity index (χ4v) is 4.09. The van der Waals surface area contributed by atoms with E-state index in [1.807, 2.05) is 36.4 Å². The number of benzene rings is 1. The average Bonchev–Trinajstić information content (AvgIpc) is 3.16. The summed E-state index contributed by atoms with van der Waals surface area (Å²) in [5.41, 5.74) is 8.11. The van der Waals surface area contributed by atoms with Gasteiger partial charge in [0.15, 0.2) is 18.1 Å². The maximum atomic E-state index is 11.9. The quantitative estimate of drug-likeness (QED) is 0.678. The highest BCUT2D eigenvalue weighted by Crippen LogP contribution is 2.39. The van der Waals surface area contributed by atoms with Crippen molar-refractivity contribution in [3.05, 3.63) is 53.4 Å². The summed E-state index contributed by atoms with van der Waals surface area (Å²) in [6.07, 6.45) is 3.68. The molecule has 3 N–H and O–H groups in total. The van der Waals surface area contributed by atoms with E-state index in [2.05, 4.69) is 16.5 Å². The van der Waals surface area contributed by atoms with Crippen LogP contribution in [0.15, 0.2) is 36.5 Å². The molecule has 3 unspecified atom stereocenters. The summed E-state index contributed by atoms with van der Waals surface area (Å²) in [5.74, 6) is -0.0802. The predicted molar refractivity (Wildman–Crippen MR) is 112 cm³/mol. The summed E-state index contributed by atoms with van der Waals surface area (Å²) in [5, 5.41) is 17.3. The first-order valence-corrected chi connectivity index (χ1v) is 10.1. The van der Waals surface area contributed by atoms with E-state index in [-0.39, 0.29) is 13.0 Å². The molecule has 9 heteroatoms. The topological polar surface area (TPSA) is 124 Å². The van der Waals surface area contributed by atoms with Gasteiger partial charge in [0.2, 0.25) is 0 Å². The molecule has 1 fully saturated rings. The van der Waals surface area contributed by atoms with Crippen molar-refractivity contribution in [2.24, 2.45) is 0 Å². The molecule has 1 saturated heterocycles. The number of aromatic nitrogens is 2. The number of nitrogens with zero attached hydrogens (tertiary/aromatic N) is 3. The van der Waals surface area contributed by atoms with Crippen LogP contribution in [-0.4, -0.2) is 35.6 Å². The van der Waals surface area contributed by atoms with Crippen LogP contribution < -0.4 is 11.1 Å². The van der Waals surface area contributed by atoms with Gasteiger partial charge in [-0.05, 0) is 24.5 Å². The second-order valence-electron chi connectivity index (χ2n) is 7.69. The zero-order chi connectivity index (χ0) is 21.8. The molecule has 0 aliphatic carbocycles. The maximum Gasteiger partial charge on any atom is 0.334 e. The van der Waals surface area contributed by atoms with Crippen molar-refractivity contribution in [1.29, 1.82) is 5.26 Å². The van der Waals surface area contributed by atoms with Gasteiger partial charge in [0, 0.05) is 6.20 Å². The highest BCUT2D eigenvalue weighted by molar-refractivity contribution is 5.74. The minimum absolute atomic E-state index is 0.157. The summed E-state index contributed by atoms with van der Waals surface area (Å²) in [6.45, 7) is 0.564. The van der Waals surface area contributed by atoms with Crippen LogP contribution >= 0.6 is 0 Å². The zero-order valence-electron chi connectivity index (χ0n) is 17.3. The molecule has 4 rings (SSSR count). The van der Waals surface area contributed by atoms with Gasteiger partial charge >= 0.3 is 5.97 Å². The predicted octanol–water partition coefficient (Wildman–Crippen LogP) is 2.22. The van der Waals surface area contributed by atoms with Gasteiger partial charge in [-0.2, -0.15) is 10.4 Å². The molecular weight excluding hydrogens is 398 g/mol. The number of nitrogens with one attached hydrogen (secondary N) is 1. The van der Waals surface area contributed by atoms with Crippen LogP contribution in [0.1, 0.15) is 42.3 Å². The Morgan fingerprint density at radius 3 is 2.94 bits per heavy atom. The lowest BCUT2D eigenvalue weighted by atomic mass is 9.86. The first-order chi connectivity index (χ1) is 15.1. The minimum Gasteiger partial charge on any atom is -0.467 e. The number of methoxy groups -OCH3 is 1. The number of carbonyl (C=O) groups excluding carboxylic acids is 1. The molecule has 162 valence electrons. The summed E-state index contributed by atoms with van der Waals surface area (Å²) < 4.78 is 18.4. The Kier molecular flexibility index (Phi) is 5.93. The molecular formula is C22H25N5O4. The average molecular weight is 423 g/mol. The second-order valence-corrected chi connectivity index (χ2v) is 7.69. The number of rotatable bonds is 6. The Balaban J connectivity index is 1.60. The Morgan fingerprint density at radius 2 is 2.26 bits per heavy atom. The number of fused-ring (bicyclic) bond motifs is 1. The van der Waals surface area contributed by atoms with Gasteiger partial charge in [-0.3, -0.25) is 4.68 Å². The van der Waals surface area contributed by atoms with Crippen molar-refractivity contribution in [3.63, 3.8) is 0 Å². The van der Waals surface area contributed by atoms with Crippen LogP contribution in [0.4, 0.5) is 5.82 Å². The first kappa shape index (κ1) is 20.9. The van der Waals surface area contributed by atoms with Gasteiger partial charge in [0.05, 0.1) is 49.6 Å². The van der Waals surface area contributed by atoms with Crippen molar-refractivity contribution in [2.45, 2.75) is 43.7 Å². The highest BCUT2D eigenvalue weighted by Gasteiger charge is 2.43. The lowest BCUT2D eigenvalue weighted by Crippen LogP contribution is -2.47. The summed E-state index contributed by atoms with van der Waals surface area (Å²) in [4.78, 5) is 11.9. The van der Waals surface area contributed by atoms with E-state index in [1.165, 1.54) is 7.11 Å². The number of carbonyl (C=O) groups is 1. The molecule has 31 heavy (non-hydrogen) atoms. The number of nitriles is 1. The number of nitrogens with two attached hydrogens (primary N) is 1. The van der Waals surface area contributed by atoms with Crippen LogP contribution in [0.5, 0.6) is 0 Å². The number of esters is 1. The van der Waals surface area contributed by atoms with E-state index in [0.717, 1.165) is 16.8 Å². The third-order valence-corrected chi connectivity index (χ3v) is 5.74. The van der Waals surface area contributed by atoms with Crippen LogP contribution in [-0.2, 0) is 31.2 Å². The summed E-state index contributed by atoms with van der Waals surface area (Å²) in [7, 11) is 1.33. The molecule has 1 aromatic carbocycles. The molecule has 0 radical (unpaired) electrons. The van der Waals surface area contributed by atoms with Crippen LogP contribution in [0, 0.1) is 11.3 Å². The monoisotopic (exact) mass is 423 g/mol. The van der Waals surface area contributed by atoms with E-state index >= 15 is 0 Å². The molecule has 3 atom stereocenters. The van der Waals surface area contributed by atoms with Gasteiger partial charge in [0.1, 0.15) is 0 Å². The lowest BCUT2D eigenvalue weighted by Gasteiger charge is -2.39. The van der Waals surface area contributed by atoms with Crippen molar-refractivity contribution in [3.8, 4) is 6.07 Å². The zero-order valence-corrected chi connectivity index (χ0v) is 17.3. The van der Waals surface area contributed by atoms with Gasteiger partial charge in [-0.1, -0.05) is 30.3 Å². The normalized spacial score (nSPS) is 24.6. The molecule has 0 spiro atoms. The highest BCUT2D eigenvalue weighted by atomic mass is 16.6. The number of anilines is 1. The second kappa shape index (κ2) is 8.79. The Morgan fingerprint density at radius 1 is 1.45 bits per heavy atom. The Labute approximate surface area is 180 Å². The fourth-order valence-electron chi connectivity index (χ4n) is 4.09. The van der Waals surface area contributed by atoms with E-state index in [4.69, 9.17) is 19.9 Å². The van der Waals surface area contributed by atoms with Crippen LogP contribution in [0.25, 0.3) is 6.08 Å². The van der Waals surface area contributed by atoms with Crippen LogP contribution in [0.3, 0.4) is 0 Å². The van der Waals surface area contributed by atoms with Gasteiger partial charge in [0.25, 0.3) is 0 Å². The standard InChI is InChI=1S/C22H25N5O4/c1-29-21(28)17-7-9-22(10-11-23,14-31-17)27-16-8-12-25-20(18(16)19(24)26-27)30-13-15-5-3-2-4-6-15/h2-6,8,12,17,20,25H,7,9-10,13-14H2,1H3,(H2,24,26). The molecule has 2 aromatic rings. The van der Waals surface area contributed by atoms with E-state index in [1.54, 1.807) is 10.9 Å². The molecule has 2 aliphatic rings. The number of hydrogen-bond donors (Lipinski definition) is 2. The van der Waals surface area contributed by atoms with Crippen molar-refractivity contribution < 1.29 is 19.0 Å². The van der Waals surface area contributed by atoms with Crippen molar-refractivity contribution in [1.82, 2.24) is 15.1 Å². The Hall–Kier alpha value is -3.35. The van der Waals surface area contributed by atoms with E-state index in [0.29, 0.717) is 25.3 Å². The molecule has 9 nitrogen and oxygen atoms in total. The molecule has 1 aromatic heterocycles. The molecule has 0 amide bonds. The maximum absolute atomic E-state index is 11.9. The van der Waals surface area contributed by atoms with E-state index in [9.17, 15) is 10.1 Å². The summed E-state index contributed by atoms with van der Waals surface area (Å²) >= 11 is 0. The third kappa shape index (κ3) is 4.00. The molecule has 3 heterocycles. The SMILES string of the molecule is COC(=O)C1CCC(CC#N)(n2nc(N)c3c2C=CNC3OCc2ccccc2)CO1.